The number of hydrogen-bond acceptors (Lipinski definition) is 2. The summed E-state index contributed by atoms with van der Waals surface area (Å²) in [5.74, 6) is 0.307. The molecule has 0 bridgehead atoms. The third kappa shape index (κ3) is 3.18. The lowest BCUT2D eigenvalue weighted by Crippen LogP contribution is -2.20. The second-order valence-corrected chi connectivity index (χ2v) is 5.07. The van der Waals surface area contributed by atoms with Crippen LogP contribution in [-0.2, 0) is 18.3 Å². The standard InChI is InChI=1S/C12H20N2O/c1-9-8-10(14(5)13-9)6-7-11(15)12(2,3)4/h8H,6-7H2,1-5H3. The van der Waals surface area contributed by atoms with Gasteiger partial charge >= 0.3 is 0 Å². The fourth-order valence-corrected chi connectivity index (χ4v) is 1.51. The maximum absolute atomic E-state index is 11.7. The number of aromatic nitrogens is 2. The largest absolute Gasteiger partial charge is 0.299 e. The van der Waals surface area contributed by atoms with Gasteiger partial charge in [-0.3, -0.25) is 9.48 Å². The van der Waals surface area contributed by atoms with Crippen molar-refractivity contribution in [3.8, 4) is 0 Å². The Hall–Kier alpha value is -1.12. The molecule has 1 aromatic rings. The lowest BCUT2D eigenvalue weighted by atomic mass is 9.88. The highest BCUT2D eigenvalue weighted by molar-refractivity contribution is 5.83. The summed E-state index contributed by atoms with van der Waals surface area (Å²) >= 11 is 0. The van der Waals surface area contributed by atoms with E-state index in [4.69, 9.17) is 0 Å². The Morgan fingerprint density at radius 3 is 2.47 bits per heavy atom. The molecule has 1 rings (SSSR count). The number of carbonyl (C=O) groups excluding carboxylic acids is 1. The zero-order valence-electron chi connectivity index (χ0n) is 10.3. The smallest absolute Gasteiger partial charge is 0.138 e. The molecule has 0 aliphatic heterocycles. The molecule has 0 N–H and O–H groups in total. The first kappa shape index (κ1) is 12.0. The fourth-order valence-electron chi connectivity index (χ4n) is 1.51. The third-order valence-corrected chi connectivity index (χ3v) is 2.54. The molecule has 0 aliphatic carbocycles. The van der Waals surface area contributed by atoms with Crippen molar-refractivity contribution in [2.45, 2.75) is 40.5 Å². The molecule has 0 spiro atoms. The summed E-state index contributed by atoms with van der Waals surface area (Å²) in [6, 6.07) is 2.04. The van der Waals surface area contributed by atoms with Crippen LogP contribution in [0.15, 0.2) is 6.07 Å². The first-order chi connectivity index (χ1) is 6.80. The number of rotatable bonds is 3. The topological polar surface area (TPSA) is 34.9 Å². The van der Waals surface area contributed by atoms with Crippen molar-refractivity contribution in [3.63, 3.8) is 0 Å². The van der Waals surface area contributed by atoms with E-state index in [2.05, 4.69) is 5.10 Å². The predicted molar refractivity (Wildman–Crippen MR) is 60.7 cm³/mol. The maximum atomic E-state index is 11.7. The Labute approximate surface area is 91.5 Å². The lowest BCUT2D eigenvalue weighted by molar-refractivity contribution is -0.126. The molecule has 1 aromatic heterocycles. The predicted octanol–water partition coefficient (Wildman–Crippen LogP) is 2.28. The zero-order valence-corrected chi connectivity index (χ0v) is 10.3. The number of ketones is 1. The van der Waals surface area contributed by atoms with Crippen LogP contribution in [0.2, 0.25) is 0 Å². The van der Waals surface area contributed by atoms with Gasteiger partial charge in [0.15, 0.2) is 0 Å². The quantitative estimate of drug-likeness (QED) is 0.763. The number of nitrogens with zero attached hydrogens (tertiary/aromatic N) is 2. The van der Waals surface area contributed by atoms with Gasteiger partial charge in [-0.15, -0.1) is 0 Å². The van der Waals surface area contributed by atoms with Crippen LogP contribution < -0.4 is 0 Å². The zero-order chi connectivity index (χ0) is 11.6. The van der Waals surface area contributed by atoms with Gasteiger partial charge in [-0.2, -0.15) is 5.10 Å². The SMILES string of the molecule is Cc1cc(CCC(=O)C(C)(C)C)n(C)n1. The maximum Gasteiger partial charge on any atom is 0.138 e. The van der Waals surface area contributed by atoms with E-state index < -0.39 is 0 Å². The van der Waals surface area contributed by atoms with Gasteiger partial charge in [0.1, 0.15) is 5.78 Å². The van der Waals surface area contributed by atoms with Crippen LogP contribution in [-0.4, -0.2) is 15.6 Å². The van der Waals surface area contributed by atoms with Gasteiger partial charge in [-0.25, -0.2) is 0 Å². The van der Waals surface area contributed by atoms with Crippen molar-refractivity contribution in [2.75, 3.05) is 0 Å². The van der Waals surface area contributed by atoms with E-state index in [1.165, 1.54) is 0 Å². The molecular formula is C12H20N2O. The van der Waals surface area contributed by atoms with Crippen molar-refractivity contribution in [2.24, 2.45) is 12.5 Å². The van der Waals surface area contributed by atoms with Crippen molar-refractivity contribution < 1.29 is 4.79 Å². The molecule has 0 saturated carbocycles. The van der Waals surface area contributed by atoms with Gasteiger partial charge in [-0.1, -0.05) is 20.8 Å². The van der Waals surface area contributed by atoms with Crippen molar-refractivity contribution >= 4 is 5.78 Å². The lowest BCUT2D eigenvalue weighted by Gasteiger charge is -2.16. The summed E-state index contributed by atoms with van der Waals surface area (Å²) in [5, 5.41) is 4.26. The van der Waals surface area contributed by atoms with Crippen LogP contribution >= 0.6 is 0 Å². The van der Waals surface area contributed by atoms with E-state index in [9.17, 15) is 4.79 Å². The summed E-state index contributed by atoms with van der Waals surface area (Å²) in [6.45, 7) is 7.85. The molecule has 0 atom stereocenters. The minimum atomic E-state index is -0.229. The molecule has 0 saturated heterocycles. The molecule has 1 heterocycles. The number of hydrogen-bond donors (Lipinski definition) is 0. The molecule has 15 heavy (non-hydrogen) atoms. The van der Waals surface area contributed by atoms with Crippen LogP contribution in [0.5, 0.6) is 0 Å². The van der Waals surface area contributed by atoms with Gasteiger partial charge in [-0.05, 0) is 19.4 Å². The molecule has 0 aromatic carbocycles. The van der Waals surface area contributed by atoms with Gasteiger partial charge in [0.25, 0.3) is 0 Å². The highest BCUT2D eigenvalue weighted by atomic mass is 16.1. The molecule has 0 unspecified atom stereocenters. The average molecular weight is 208 g/mol. The number of Topliss-reactive ketones (excluding diaryl/α,β-unsaturated/α-hetero) is 1. The minimum absolute atomic E-state index is 0.229. The van der Waals surface area contributed by atoms with E-state index in [0.29, 0.717) is 12.2 Å². The molecule has 0 aliphatic rings. The summed E-state index contributed by atoms with van der Waals surface area (Å²) in [7, 11) is 1.92. The van der Waals surface area contributed by atoms with E-state index >= 15 is 0 Å². The highest BCUT2D eigenvalue weighted by Gasteiger charge is 2.20. The molecular weight excluding hydrogens is 188 g/mol. The summed E-state index contributed by atoms with van der Waals surface area (Å²) < 4.78 is 1.85. The minimum Gasteiger partial charge on any atom is -0.299 e. The first-order valence-corrected chi connectivity index (χ1v) is 5.33. The van der Waals surface area contributed by atoms with Gasteiger partial charge < -0.3 is 0 Å². The van der Waals surface area contributed by atoms with Crippen molar-refractivity contribution in [1.82, 2.24) is 9.78 Å². The van der Waals surface area contributed by atoms with Gasteiger partial charge in [0.2, 0.25) is 0 Å². The molecule has 84 valence electrons. The normalized spacial score (nSPS) is 11.8. The van der Waals surface area contributed by atoms with Crippen LogP contribution in [0.1, 0.15) is 38.6 Å². The molecule has 0 radical (unpaired) electrons. The van der Waals surface area contributed by atoms with Crippen LogP contribution in [0.4, 0.5) is 0 Å². The molecule has 0 amide bonds. The van der Waals surface area contributed by atoms with Crippen LogP contribution in [0.3, 0.4) is 0 Å². The summed E-state index contributed by atoms with van der Waals surface area (Å²) in [5.41, 5.74) is 1.91. The summed E-state index contributed by atoms with van der Waals surface area (Å²) in [6.07, 6.45) is 1.38. The van der Waals surface area contributed by atoms with E-state index in [-0.39, 0.29) is 5.41 Å². The second kappa shape index (κ2) is 4.17. The third-order valence-electron chi connectivity index (χ3n) is 2.54. The van der Waals surface area contributed by atoms with Crippen LogP contribution in [0, 0.1) is 12.3 Å². The monoisotopic (exact) mass is 208 g/mol. The van der Waals surface area contributed by atoms with E-state index in [1.807, 2.05) is 45.5 Å². The first-order valence-electron chi connectivity index (χ1n) is 5.33. The molecule has 0 fully saturated rings. The second-order valence-electron chi connectivity index (χ2n) is 5.07. The van der Waals surface area contributed by atoms with Gasteiger partial charge in [0.05, 0.1) is 5.69 Å². The van der Waals surface area contributed by atoms with Crippen molar-refractivity contribution in [1.29, 1.82) is 0 Å². The fraction of sp³-hybridized carbons (Fsp3) is 0.667. The Balaban J connectivity index is 2.58. The van der Waals surface area contributed by atoms with Gasteiger partial charge in [0, 0.05) is 24.6 Å². The average Bonchev–Trinajstić information content (AvgIpc) is 2.39. The molecule has 3 nitrogen and oxygen atoms in total. The number of carbonyl (C=O) groups is 1. The molecule has 3 heteroatoms. The number of aryl methyl sites for hydroxylation is 3. The van der Waals surface area contributed by atoms with Crippen LogP contribution in [0.25, 0.3) is 0 Å². The van der Waals surface area contributed by atoms with E-state index in [1.54, 1.807) is 0 Å². The Kier molecular flexibility index (Phi) is 3.32. The van der Waals surface area contributed by atoms with Crippen molar-refractivity contribution in [3.05, 3.63) is 17.5 Å². The Morgan fingerprint density at radius 2 is 2.07 bits per heavy atom. The Morgan fingerprint density at radius 1 is 1.47 bits per heavy atom. The highest BCUT2D eigenvalue weighted by Crippen LogP contribution is 2.18. The Bertz CT molecular complexity index is 358. The summed E-state index contributed by atoms with van der Waals surface area (Å²) in [4.78, 5) is 11.7. The van der Waals surface area contributed by atoms with E-state index in [0.717, 1.165) is 17.8 Å².